The summed E-state index contributed by atoms with van der Waals surface area (Å²) in [5, 5.41) is 8.47. The van der Waals surface area contributed by atoms with Gasteiger partial charge in [-0.15, -0.1) is 0 Å². The molecule has 0 saturated carbocycles. The zero-order valence-corrected chi connectivity index (χ0v) is 17.4. The number of benzene rings is 2. The smallest absolute Gasteiger partial charge is 0.270 e. The first-order valence-electron chi connectivity index (χ1n) is 8.93. The summed E-state index contributed by atoms with van der Waals surface area (Å²) in [7, 11) is 1.61. The molecule has 1 atom stereocenters. The van der Waals surface area contributed by atoms with E-state index in [0.717, 1.165) is 12.0 Å². The minimum Gasteiger partial charge on any atom is -0.497 e. The molecule has 1 unspecified atom stereocenters. The Bertz CT molecular complexity index is 1000. The van der Waals surface area contributed by atoms with Crippen LogP contribution in [0.2, 0.25) is 10.0 Å². The minimum atomic E-state index is -0.206. The summed E-state index contributed by atoms with van der Waals surface area (Å²) in [5.74, 6) is 0.509. The van der Waals surface area contributed by atoms with Crippen LogP contribution in [0, 0.1) is 0 Å². The molecular formula is C21H21Cl2N3O2. The maximum absolute atomic E-state index is 12.9. The van der Waals surface area contributed by atoms with Crippen LogP contribution >= 0.6 is 23.2 Å². The van der Waals surface area contributed by atoms with Crippen LogP contribution in [0.4, 0.5) is 0 Å². The topological polar surface area (TPSA) is 56.1 Å². The van der Waals surface area contributed by atoms with Gasteiger partial charge in [-0.25, -0.2) is 4.68 Å². The van der Waals surface area contributed by atoms with E-state index in [0.29, 0.717) is 32.9 Å². The Morgan fingerprint density at radius 2 is 1.96 bits per heavy atom. The molecule has 0 aliphatic carbocycles. The van der Waals surface area contributed by atoms with Crippen LogP contribution in [0.5, 0.6) is 5.75 Å². The Hall–Kier alpha value is -2.50. The van der Waals surface area contributed by atoms with Gasteiger partial charge >= 0.3 is 0 Å². The Morgan fingerprint density at radius 1 is 1.18 bits per heavy atom. The SMILES string of the molecule is CCC(C)NC(=O)c1cc(-c2cccc(OC)c2)nn1-c1ccc(Cl)c(Cl)c1. The highest BCUT2D eigenvalue weighted by molar-refractivity contribution is 6.42. The van der Waals surface area contributed by atoms with Gasteiger partial charge in [0.05, 0.1) is 28.5 Å². The number of hydrogen-bond acceptors (Lipinski definition) is 3. The number of carbonyl (C=O) groups is 1. The second-order valence-electron chi connectivity index (χ2n) is 6.44. The second kappa shape index (κ2) is 8.67. The summed E-state index contributed by atoms with van der Waals surface area (Å²) < 4.78 is 6.87. The number of carbonyl (C=O) groups excluding carboxylic acids is 1. The van der Waals surface area contributed by atoms with Crippen LogP contribution in [0.3, 0.4) is 0 Å². The van der Waals surface area contributed by atoms with Crippen LogP contribution in [0.1, 0.15) is 30.8 Å². The van der Waals surface area contributed by atoms with E-state index in [2.05, 4.69) is 10.4 Å². The van der Waals surface area contributed by atoms with E-state index in [-0.39, 0.29) is 11.9 Å². The van der Waals surface area contributed by atoms with E-state index < -0.39 is 0 Å². The lowest BCUT2D eigenvalue weighted by Crippen LogP contribution is -2.33. The number of amides is 1. The third kappa shape index (κ3) is 4.32. The highest BCUT2D eigenvalue weighted by Gasteiger charge is 2.19. The molecule has 0 aliphatic heterocycles. The maximum atomic E-state index is 12.9. The van der Waals surface area contributed by atoms with Crippen molar-refractivity contribution in [1.29, 1.82) is 0 Å². The van der Waals surface area contributed by atoms with Gasteiger partial charge in [0, 0.05) is 11.6 Å². The number of hydrogen-bond donors (Lipinski definition) is 1. The van der Waals surface area contributed by atoms with Crippen LogP contribution in [-0.2, 0) is 0 Å². The van der Waals surface area contributed by atoms with Crippen LogP contribution < -0.4 is 10.1 Å². The summed E-state index contributed by atoms with van der Waals surface area (Å²) in [6.45, 7) is 3.98. The fourth-order valence-electron chi connectivity index (χ4n) is 2.68. The molecule has 1 amide bonds. The molecule has 146 valence electrons. The summed E-state index contributed by atoms with van der Waals surface area (Å²) in [4.78, 5) is 12.9. The molecule has 0 aliphatic rings. The number of nitrogens with zero attached hydrogens (tertiary/aromatic N) is 2. The van der Waals surface area contributed by atoms with Gasteiger partial charge in [-0.05, 0) is 49.7 Å². The van der Waals surface area contributed by atoms with Crippen molar-refractivity contribution in [3.05, 3.63) is 64.3 Å². The van der Waals surface area contributed by atoms with Gasteiger partial charge in [-0.3, -0.25) is 4.79 Å². The average molecular weight is 418 g/mol. The summed E-state index contributed by atoms with van der Waals surface area (Å²) >= 11 is 12.2. The van der Waals surface area contributed by atoms with Crippen molar-refractivity contribution in [3.8, 4) is 22.7 Å². The minimum absolute atomic E-state index is 0.0462. The normalized spacial score (nSPS) is 11.9. The molecule has 2 aromatic carbocycles. The first-order chi connectivity index (χ1) is 13.4. The van der Waals surface area contributed by atoms with Crippen molar-refractivity contribution < 1.29 is 9.53 Å². The first-order valence-corrected chi connectivity index (χ1v) is 9.69. The third-order valence-corrected chi connectivity index (χ3v) is 5.18. The van der Waals surface area contributed by atoms with E-state index >= 15 is 0 Å². The van der Waals surface area contributed by atoms with E-state index in [1.54, 1.807) is 36.1 Å². The number of nitrogens with one attached hydrogen (secondary N) is 1. The molecule has 3 rings (SSSR count). The van der Waals surface area contributed by atoms with Gasteiger partial charge in [0.25, 0.3) is 5.91 Å². The number of rotatable bonds is 6. The lowest BCUT2D eigenvalue weighted by molar-refractivity contribution is 0.0931. The van der Waals surface area contributed by atoms with E-state index in [4.69, 9.17) is 27.9 Å². The van der Waals surface area contributed by atoms with E-state index in [1.807, 2.05) is 38.1 Å². The number of ether oxygens (including phenoxy) is 1. The molecule has 28 heavy (non-hydrogen) atoms. The van der Waals surface area contributed by atoms with Crippen molar-refractivity contribution in [1.82, 2.24) is 15.1 Å². The van der Waals surface area contributed by atoms with Crippen molar-refractivity contribution in [3.63, 3.8) is 0 Å². The third-order valence-electron chi connectivity index (χ3n) is 4.45. The Balaban J connectivity index is 2.11. The number of halogens is 2. The number of aromatic nitrogens is 2. The van der Waals surface area contributed by atoms with Gasteiger partial charge in [-0.2, -0.15) is 5.10 Å². The lowest BCUT2D eigenvalue weighted by atomic mass is 10.1. The van der Waals surface area contributed by atoms with Crippen molar-refractivity contribution in [2.45, 2.75) is 26.3 Å². The fourth-order valence-corrected chi connectivity index (χ4v) is 2.97. The molecule has 0 radical (unpaired) electrons. The van der Waals surface area contributed by atoms with Crippen LogP contribution in [-0.4, -0.2) is 28.8 Å². The fraction of sp³-hybridized carbons (Fsp3) is 0.238. The second-order valence-corrected chi connectivity index (χ2v) is 7.25. The molecule has 3 aromatic rings. The van der Waals surface area contributed by atoms with Gasteiger partial charge in [0.2, 0.25) is 0 Å². The summed E-state index contributed by atoms with van der Waals surface area (Å²) in [6.07, 6.45) is 0.829. The first kappa shape index (κ1) is 20.2. The zero-order chi connectivity index (χ0) is 20.3. The maximum Gasteiger partial charge on any atom is 0.270 e. The predicted molar refractivity (Wildman–Crippen MR) is 113 cm³/mol. The summed E-state index contributed by atoms with van der Waals surface area (Å²) in [5.41, 5.74) is 2.56. The zero-order valence-electron chi connectivity index (χ0n) is 15.9. The monoisotopic (exact) mass is 417 g/mol. The standard InChI is InChI=1S/C21H21Cl2N3O2/c1-4-13(2)24-21(27)20-12-19(14-6-5-7-16(10-14)28-3)25-26(20)15-8-9-17(22)18(23)11-15/h5-13H,4H2,1-3H3,(H,24,27). The highest BCUT2D eigenvalue weighted by atomic mass is 35.5. The van der Waals surface area contributed by atoms with Gasteiger partial charge < -0.3 is 10.1 Å². The molecule has 5 nitrogen and oxygen atoms in total. The predicted octanol–water partition coefficient (Wildman–Crippen LogP) is 5.38. The van der Waals surface area contributed by atoms with Crippen LogP contribution in [0.25, 0.3) is 16.9 Å². The van der Waals surface area contributed by atoms with Gasteiger partial charge in [-0.1, -0.05) is 42.3 Å². The number of methoxy groups -OCH3 is 1. The van der Waals surface area contributed by atoms with E-state index in [9.17, 15) is 4.79 Å². The molecule has 0 saturated heterocycles. The van der Waals surface area contributed by atoms with Crippen molar-refractivity contribution in [2.24, 2.45) is 0 Å². The molecule has 7 heteroatoms. The molecule has 1 heterocycles. The van der Waals surface area contributed by atoms with Crippen LogP contribution in [0.15, 0.2) is 48.5 Å². The Kier molecular flexibility index (Phi) is 6.27. The molecule has 0 spiro atoms. The Morgan fingerprint density at radius 3 is 2.64 bits per heavy atom. The molecular weight excluding hydrogens is 397 g/mol. The summed E-state index contributed by atoms with van der Waals surface area (Å²) in [6, 6.07) is 14.5. The van der Waals surface area contributed by atoms with Crippen molar-refractivity contribution >= 4 is 29.1 Å². The van der Waals surface area contributed by atoms with Crippen molar-refractivity contribution in [2.75, 3.05) is 7.11 Å². The largest absolute Gasteiger partial charge is 0.497 e. The Labute approximate surface area is 174 Å². The quantitative estimate of drug-likeness (QED) is 0.585. The highest BCUT2D eigenvalue weighted by Crippen LogP contribution is 2.28. The van der Waals surface area contributed by atoms with E-state index in [1.165, 1.54) is 0 Å². The van der Waals surface area contributed by atoms with Gasteiger partial charge in [0.1, 0.15) is 11.4 Å². The van der Waals surface area contributed by atoms with Gasteiger partial charge in [0.15, 0.2) is 0 Å². The molecule has 0 fully saturated rings. The molecule has 1 aromatic heterocycles. The lowest BCUT2D eigenvalue weighted by Gasteiger charge is -2.12. The molecule has 1 N–H and O–H groups in total. The molecule has 0 bridgehead atoms. The average Bonchev–Trinajstić information content (AvgIpc) is 3.15.